The third-order valence-corrected chi connectivity index (χ3v) is 4.16. The summed E-state index contributed by atoms with van der Waals surface area (Å²) in [7, 11) is 0. The van der Waals surface area contributed by atoms with Gasteiger partial charge in [-0.25, -0.2) is 4.39 Å². The van der Waals surface area contributed by atoms with Gasteiger partial charge in [0.05, 0.1) is 0 Å². The minimum atomic E-state index is -0.568. The van der Waals surface area contributed by atoms with E-state index < -0.39 is 6.10 Å². The van der Waals surface area contributed by atoms with Crippen LogP contribution in [0.15, 0.2) is 60.7 Å². The number of aliphatic hydroxyl groups excluding tert-OH is 1. The third-order valence-electron chi connectivity index (χ3n) is 4.16. The van der Waals surface area contributed by atoms with E-state index in [9.17, 15) is 9.50 Å². The van der Waals surface area contributed by atoms with E-state index in [4.69, 9.17) is 4.74 Å². The van der Waals surface area contributed by atoms with Crippen molar-refractivity contribution < 1.29 is 14.2 Å². The maximum absolute atomic E-state index is 12.8. The Morgan fingerprint density at radius 1 is 1.08 bits per heavy atom. The molecule has 4 heteroatoms. The molecule has 0 bridgehead atoms. The van der Waals surface area contributed by atoms with Crippen LogP contribution in [0.2, 0.25) is 0 Å². The van der Waals surface area contributed by atoms with Gasteiger partial charge in [0.2, 0.25) is 0 Å². The smallest absolute Gasteiger partial charge is 0.123 e. The Kier molecular flexibility index (Phi) is 5.62. The molecule has 1 aliphatic rings. The molecular formula is C20H22FNO2. The van der Waals surface area contributed by atoms with E-state index in [0.29, 0.717) is 12.3 Å². The number of halogens is 1. The van der Waals surface area contributed by atoms with Crippen LogP contribution < -0.4 is 4.74 Å². The fraction of sp³-hybridized carbons (Fsp3) is 0.300. The van der Waals surface area contributed by atoms with Gasteiger partial charge in [-0.2, -0.15) is 0 Å². The molecule has 126 valence electrons. The van der Waals surface area contributed by atoms with Crippen LogP contribution in [-0.4, -0.2) is 42.4 Å². The summed E-state index contributed by atoms with van der Waals surface area (Å²) in [6.45, 7) is 2.53. The van der Waals surface area contributed by atoms with Crippen LogP contribution in [0.3, 0.4) is 0 Å². The summed E-state index contributed by atoms with van der Waals surface area (Å²) >= 11 is 0. The summed E-state index contributed by atoms with van der Waals surface area (Å²) in [6.07, 6.45) is 2.64. The SMILES string of the molecule is O[C@@H](COc1ccc(F)cc1)CN1CC=C(c2ccccc2)CC1. The Morgan fingerprint density at radius 3 is 2.50 bits per heavy atom. The number of hydrogen-bond acceptors (Lipinski definition) is 3. The number of hydrogen-bond donors (Lipinski definition) is 1. The summed E-state index contributed by atoms with van der Waals surface area (Å²) in [5.41, 5.74) is 2.64. The quantitative estimate of drug-likeness (QED) is 0.883. The van der Waals surface area contributed by atoms with Gasteiger partial charge < -0.3 is 9.84 Å². The second-order valence-electron chi connectivity index (χ2n) is 6.02. The molecule has 3 rings (SSSR count). The molecule has 2 aromatic rings. The number of rotatable bonds is 6. The Balaban J connectivity index is 1.45. The first kappa shape index (κ1) is 16.7. The van der Waals surface area contributed by atoms with Crippen molar-refractivity contribution >= 4 is 5.57 Å². The predicted molar refractivity (Wildman–Crippen MR) is 93.4 cm³/mol. The van der Waals surface area contributed by atoms with Crippen LogP contribution in [0.1, 0.15) is 12.0 Å². The minimum absolute atomic E-state index is 0.206. The highest BCUT2D eigenvalue weighted by Gasteiger charge is 2.16. The summed E-state index contributed by atoms with van der Waals surface area (Å²) in [5, 5.41) is 10.1. The molecule has 0 aliphatic carbocycles. The van der Waals surface area contributed by atoms with Crippen molar-refractivity contribution in [2.24, 2.45) is 0 Å². The first-order valence-electron chi connectivity index (χ1n) is 8.24. The Labute approximate surface area is 142 Å². The maximum Gasteiger partial charge on any atom is 0.123 e. The van der Waals surface area contributed by atoms with Gasteiger partial charge in [0.1, 0.15) is 24.3 Å². The zero-order chi connectivity index (χ0) is 16.8. The fourth-order valence-electron chi connectivity index (χ4n) is 2.87. The van der Waals surface area contributed by atoms with Crippen LogP contribution in [0.4, 0.5) is 4.39 Å². The van der Waals surface area contributed by atoms with Crippen molar-refractivity contribution in [3.63, 3.8) is 0 Å². The lowest BCUT2D eigenvalue weighted by molar-refractivity contribution is 0.0716. The van der Waals surface area contributed by atoms with Gasteiger partial charge in [-0.3, -0.25) is 4.90 Å². The van der Waals surface area contributed by atoms with Crippen molar-refractivity contribution in [2.45, 2.75) is 12.5 Å². The summed E-state index contributed by atoms with van der Waals surface area (Å²) in [6, 6.07) is 16.2. The summed E-state index contributed by atoms with van der Waals surface area (Å²) in [5.74, 6) is 0.276. The van der Waals surface area contributed by atoms with Crippen molar-refractivity contribution in [3.8, 4) is 5.75 Å². The second kappa shape index (κ2) is 8.08. The number of nitrogens with zero attached hydrogens (tertiary/aromatic N) is 1. The molecule has 3 nitrogen and oxygen atoms in total. The molecule has 0 saturated carbocycles. The Hall–Kier alpha value is -2.17. The molecule has 1 heterocycles. The van der Waals surface area contributed by atoms with Gasteiger partial charge in [-0.15, -0.1) is 0 Å². The lowest BCUT2D eigenvalue weighted by atomic mass is 9.99. The van der Waals surface area contributed by atoms with Gasteiger partial charge >= 0.3 is 0 Å². The standard InChI is InChI=1S/C20H22FNO2/c21-18-6-8-20(9-7-18)24-15-19(23)14-22-12-10-17(11-13-22)16-4-2-1-3-5-16/h1-10,19,23H,11-15H2/t19-/m1/s1. The van der Waals surface area contributed by atoms with Crippen molar-refractivity contribution in [1.82, 2.24) is 4.90 Å². The average Bonchev–Trinajstić information content (AvgIpc) is 2.63. The Morgan fingerprint density at radius 2 is 1.83 bits per heavy atom. The third kappa shape index (κ3) is 4.66. The van der Waals surface area contributed by atoms with E-state index in [2.05, 4.69) is 35.2 Å². The van der Waals surface area contributed by atoms with E-state index in [0.717, 1.165) is 19.5 Å². The second-order valence-corrected chi connectivity index (χ2v) is 6.02. The zero-order valence-corrected chi connectivity index (χ0v) is 13.6. The summed E-state index contributed by atoms with van der Waals surface area (Å²) in [4.78, 5) is 2.21. The minimum Gasteiger partial charge on any atom is -0.491 e. The zero-order valence-electron chi connectivity index (χ0n) is 13.6. The highest BCUT2D eigenvalue weighted by atomic mass is 19.1. The fourth-order valence-corrected chi connectivity index (χ4v) is 2.87. The first-order chi connectivity index (χ1) is 11.7. The van der Waals surface area contributed by atoms with Gasteiger partial charge in [0, 0.05) is 19.6 Å². The van der Waals surface area contributed by atoms with Crippen molar-refractivity contribution in [2.75, 3.05) is 26.2 Å². The van der Waals surface area contributed by atoms with Crippen LogP contribution in [0.25, 0.3) is 5.57 Å². The molecular weight excluding hydrogens is 305 g/mol. The molecule has 1 atom stereocenters. The van der Waals surface area contributed by atoms with E-state index in [1.165, 1.54) is 23.3 Å². The average molecular weight is 327 g/mol. The monoisotopic (exact) mass is 327 g/mol. The van der Waals surface area contributed by atoms with Gasteiger partial charge in [-0.05, 0) is 41.8 Å². The van der Waals surface area contributed by atoms with E-state index in [1.54, 1.807) is 12.1 Å². The van der Waals surface area contributed by atoms with Gasteiger partial charge in [0.25, 0.3) is 0 Å². The first-order valence-corrected chi connectivity index (χ1v) is 8.24. The molecule has 0 amide bonds. The van der Waals surface area contributed by atoms with E-state index in [1.807, 2.05) is 6.07 Å². The topological polar surface area (TPSA) is 32.7 Å². The van der Waals surface area contributed by atoms with E-state index in [-0.39, 0.29) is 12.4 Å². The summed E-state index contributed by atoms with van der Waals surface area (Å²) < 4.78 is 18.3. The molecule has 0 spiro atoms. The predicted octanol–water partition coefficient (Wildman–Crippen LogP) is 3.35. The highest BCUT2D eigenvalue weighted by molar-refractivity contribution is 5.66. The largest absolute Gasteiger partial charge is 0.491 e. The normalized spacial score (nSPS) is 16.5. The Bertz CT molecular complexity index is 670. The van der Waals surface area contributed by atoms with Gasteiger partial charge in [-0.1, -0.05) is 36.4 Å². The van der Waals surface area contributed by atoms with E-state index >= 15 is 0 Å². The van der Waals surface area contributed by atoms with Crippen LogP contribution in [-0.2, 0) is 0 Å². The number of β-amino-alcohol motifs (C(OH)–C–C–N with tert-alkyl or cyclic N) is 1. The molecule has 0 radical (unpaired) electrons. The van der Waals surface area contributed by atoms with Crippen molar-refractivity contribution in [1.29, 1.82) is 0 Å². The maximum atomic E-state index is 12.8. The number of ether oxygens (including phenoxy) is 1. The molecule has 0 unspecified atom stereocenters. The lowest BCUT2D eigenvalue weighted by Gasteiger charge is -2.28. The molecule has 24 heavy (non-hydrogen) atoms. The van der Waals surface area contributed by atoms with Crippen LogP contribution in [0, 0.1) is 5.82 Å². The lowest BCUT2D eigenvalue weighted by Crippen LogP contribution is -2.38. The van der Waals surface area contributed by atoms with Crippen LogP contribution in [0.5, 0.6) is 5.75 Å². The number of aliphatic hydroxyl groups is 1. The van der Waals surface area contributed by atoms with Crippen LogP contribution >= 0.6 is 0 Å². The molecule has 0 aromatic heterocycles. The molecule has 1 N–H and O–H groups in total. The van der Waals surface area contributed by atoms with Gasteiger partial charge in [0.15, 0.2) is 0 Å². The highest BCUT2D eigenvalue weighted by Crippen LogP contribution is 2.22. The number of benzene rings is 2. The molecule has 2 aromatic carbocycles. The molecule has 1 aliphatic heterocycles. The molecule has 0 fully saturated rings. The van der Waals surface area contributed by atoms with Crippen molar-refractivity contribution in [3.05, 3.63) is 72.1 Å². The molecule has 0 saturated heterocycles.